The largest absolute Gasteiger partial charge is 0.339 e. The van der Waals surface area contributed by atoms with Crippen LogP contribution in [0.5, 0.6) is 0 Å². The smallest absolute Gasteiger partial charge is 0.255 e. The number of rotatable bonds is 4. The van der Waals surface area contributed by atoms with Crippen molar-refractivity contribution in [3.05, 3.63) is 34.9 Å². The number of aryl methyl sites for hydroxylation is 1. The Labute approximate surface area is 128 Å². The molecule has 0 radical (unpaired) electrons. The molecule has 1 atom stereocenters. The summed E-state index contributed by atoms with van der Waals surface area (Å²) in [4.78, 5) is 14.5. The first-order chi connectivity index (χ1) is 9.86. The number of carbonyl (C=O) groups is 1. The number of nitrogens with zero attached hydrogens (tertiary/aromatic N) is 1. The van der Waals surface area contributed by atoms with Gasteiger partial charge in [-0.05, 0) is 43.9 Å². The summed E-state index contributed by atoms with van der Waals surface area (Å²) in [5.74, 6) is 6.42. The Bertz CT molecular complexity index is 552. The number of benzene rings is 1. The van der Waals surface area contributed by atoms with Gasteiger partial charge in [0.25, 0.3) is 5.91 Å². The second-order valence-electron chi connectivity index (χ2n) is 5.95. The number of nitrogens with two attached hydrogens (primary N) is 1. The van der Waals surface area contributed by atoms with Crippen LogP contribution in [0.2, 0.25) is 0 Å². The normalized spacial score (nSPS) is 11.8. The highest BCUT2D eigenvalue weighted by Gasteiger charge is 2.20. The molecule has 1 unspecified atom stereocenters. The van der Waals surface area contributed by atoms with Crippen molar-refractivity contribution in [1.29, 1.82) is 0 Å². The molecule has 0 heterocycles. The highest BCUT2D eigenvalue weighted by atomic mass is 16.2. The molecule has 0 aliphatic rings. The number of amides is 1. The van der Waals surface area contributed by atoms with E-state index in [1.54, 1.807) is 4.90 Å². The van der Waals surface area contributed by atoms with Crippen molar-refractivity contribution in [3.63, 3.8) is 0 Å². The van der Waals surface area contributed by atoms with Crippen LogP contribution in [0.15, 0.2) is 18.2 Å². The summed E-state index contributed by atoms with van der Waals surface area (Å²) in [6.45, 7) is 8.70. The summed E-state index contributed by atoms with van der Waals surface area (Å²) in [7, 11) is 1.86. The first-order valence-corrected chi connectivity index (χ1v) is 7.43. The molecule has 1 amide bonds. The zero-order valence-electron chi connectivity index (χ0n) is 13.7. The van der Waals surface area contributed by atoms with Gasteiger partial charge in [-0.1, -0.05) is 31.8 Å². The molecule has 2 N–H and O–H groups in total. The zero-order valence-corrected chi connectivity index (χ0v) is 13.7. The van der Waals surface area contributed by atoms with Gasteiger partial charge in [0.1, 0.15) is 0 Å². The Morgan fingerprint density at radius 2 is 2.00 bits per heavy atom. The standard InChI is InChI=1S/C18H26N2O/c1-13(2)11-15(4)20(5)18(21)17-9-8-14(3)12-16(17)7-6-10-19/h8-9,12-13,15H,10-11,19H2,1-5H3. The molecular formula is C18H26N2O. The first-order valence-electron chi connectivity index (χ1n) is 7.43. The van der Waals surface area contributed by atoms with Crippen LogP contribution in [-0.4, -0.2) is 30.4 Å². The Hall–Kier alpha value is -1.79. The lowest BCUT2D eigenvalue weighted by atomic mass is 10.0. The molecule has 1 aromatic rings. The number of carbonyl (C=O) groups excluding carboxylic acids is 1. The molecule has 1 rings (SSSR count). The highest BCUT2D eigenvalue weighted by molar-refractivity contribution is 5.96. The van der Waals surface area contributed by atoms with E-state index in [9.17, 15) is 4.79 Å². The molecule has 0 spiro atoms. The van der Waals surface area contributed by atoms with Crippen LogP contribution in [0.25, 0.3) is 0 Å². The summed E-state index contributed by atoms with van der Waals surface area (Å²) >= 11 is 0. The molecule has 0 fully saturated rings. The minimum Gasteiger partial charge on any atom is -0.339 e. The Kier molecular flexibility index (Phi) is 6.45. The fourth-order valence-electron chi connectivity index (χ4n) is 2.32. The van der Waals surface area contributed by atoms with Crippen molar-refractivity contribution >= 4 is 5.91 Å². The zero-order chi connectivity index (χ0) is 16.0. The SMILES string of the molecule is Cc1ccc(C(=O)N(C)C(C)CC(C)C)c(C#CCN)c1. The molecule has 3 nitrogen and oxygen atoms in total. The maximum atomic E-state index is 12.7. The van der Waals surface area contributed by atoms with Crippen LogP contribution >= 0.6 is 0 Å². The molecule has 3 heteroatoms. The molecule has 114 valence electrons. The summed E-state index contributed by atoms with van der Waals surface area (Å²) < 4.78 is 0. The molecule has 0 bridgehead atoms. The summed E-state index contributed by atoms with van der Waals surface area (Å²) in [5.41, 5.74) is 7.93. The van der Waals surface area contributed by atoms with Gasteiger partial charge in [-0.25, -0.2) is 0 Å². The number of hydrogen-bond acceptors (Lipinski definition) is 2. The van der Waals surface area contributed by atoms with E-state index >= 15 is 0 Å². The van der Waals surface area contributed by atoms with Gasteiger partial charge in [0.05, 0.1) is 12.1 Å². The summed E-state index contributed by atoms with van der Waals surface area (Å²) in [5, 5.41) is 0. The van der Waals surface area contributed by atoms with Gasteiger partial charge < -0.3 is 10.6 Å². The molecular weight excluding hydrogens is 260 g/mol. The van der Waals surface area contributed by atoms with Gasteiger partial charge in [-0.3, -0.25) is 4.79 Å². The fourth-order valence-corrected chi connectivity index (χ4v) is 2.32. The van der Waals surface area contributed by atoms with Gasteiger partial charge in [-0.2, -0.15) is 0 Å². The predicted molar refractivity (Wildman–Crippen MR) is 88.1 cm³/mol. The third-order valence-electron chi connectivity index (χ3n) is 3.52. The lowest BCUT2D eigenvalue weighted by Crippen LogP contribution is -2.36. The van der Waals surface area contributed by atoms with E-state index in [4.69, 9.17) is 5.73 Å². The van der Waals surface area contributed by atoms with Crippen LogP contribution in [0.1, 0.15) is 48.7 Å². The minimum atomic E-state index is 0.0180. The molecule has 1 aromatic carbocycles. The fraction of sp³-hybridized carbons (Fsp3) is 0.500. The Morgan fingerprint density at radius 3 is 2.57 bits per heavy atom. The van der Waals surface area contributed by atoms with Crippen LogP contribution in [0.4, 0.5) is 0 Å². The first kappa shape index (κ1) is 17.3. The van der Waals surface area contributed by atoms with Crippen molar-refractivity contribution in [1.82, 2.24) is 4.90 Å². The van der Waals surface area contributed by atoms with Gasteiger partial charge in [0.15, 0.2) is 0 Å². The van der Waals surface area contributed by atoms with Gasteiger partial charge in [-0.15, -0.1) is 0 Å². The second kappa shape index (κ2) is 7.85. The van der Waals surface area contributed by atoms with E-state index in [1.807, 2.05) is 32.2 Å². The topological polar surface area (TPSA) is 46.3 Å². The van der Waals surface area contributed by atoms with Gasteiger partial charge in [0.2, 0.25) is 0 Å². The minimum absolute atomic E-state index is 0.0180. The average Bonchev–Trinajstić information content (AvgIpc) is 2.42. The molecule has 0 aliphatic heterocycles. The molecule has 21 heavy (non-hydrogen) atoms. The summed E-state index contributed by atoms with van der Waals surface area (Å²) in [6, 6.07) is 5.95. The van der Waals surface area contributed by atoms with E-state index in [2.05, 4.69) is 32.6 Å². The molecule has 0 aromatic heterocycles. The van der Waals surface area contributed by atoms with Crippen LogP contribution in [-0.2, 0) is 0 Å². The van der Waals surface area contributed by atoms with Crippen LogP contribution in [0, 0.1) is 24.7 Å². The molecule has 0 saturated carbocycles. The monoisotopic (exact) mass is 286 g/mol. The van der Waals surface area contributed by atoms with E-state index in [0.29, 0.717) is 18.0 Å². The van der Waals surface area contributed by atoms with Gasteiger partial charge in [0, 0.05) is 18.7 Å². The van der Waals surface area contributed by atoms with Crippen LogP contribution in [0.3, 0.4) is 0 Å². The third-order valence-corrected chi connectivity index (χ3v) is 3.52. The summed E-state index contributed by atoms with van der Waals surface area (Å²) in [6.07, 6.45) is 0.984. The third kappa shape index (κ3) is 4.91. The Balaban J connectivity index is 3.06. The van der Waals surface area contributed by atoms with Crippen LogP contribution < -0.4 is 5.73 Å². The second-order valence-corrected chi connectivity index (χ2v) is 5.95. The lowest BCUT2D eigenvalue weighted by Gasteiger charge is -2.27. The molecule has 0 saturated heterocycles. The predicted octanol–water partition coefficient (Wildman–Crippen LogP) is 2.81. The Morgan fingerprint density at radius 1 is 1.33 bits per heavy atom. The van der Waals surface area contributed by atoms with Crippen molar-refractivity contribution < 1.29 is 4.79 Å². The van der Waals surface area contributed by atoms with Crippen molar-refractivity contribution in [3.8, 4) is 11.8 Å². The van der Waals surface area contributed by atoms with Gasteiger partial charge >= 0.3 is 0 Å². The van der Waals surface area contributed by atoms with Crippen molar-refractivity contribution in [2.45, 2.75) is 40.2 Å². The van der Waals surface area contributed by atoms with E-state index in [0.717, 1.165) is 17.5 Å². The van der Waals surface area contributed by atoms with Crippen molar-refractivity contribution in [2.24, 2.45) is 11.7 Å². The lowest BCUT2D eigenvalue weighted by molar-refractivity contribution is 0.0728. The maximum Gasteiger partial charge on any atom is 0.255 e. The average molecular weight is 286 g/mol. The van der Waals surface area contributed by atoms with Crippen molar-refractivity contribution in [2.75, 3.05) is 13.6 Å². The van der Waals surface area contributed by atoms with E-state index in [-0.39, 0.29) is 11.9 Å². The maximum absolute atomic E-state index is 12.7. The van der Waals surface area contributed by atoms with E-state index < -0.39 is 0 Å². The van der Waals surface area contributed by atoms with E-state index in [1.165, 1.54) is 0 Å². The number of hydrogen-bond donors (Lipinski definition) is 1. The quantitative estimate of drug-likeness (QED) is 0.865. The molecule has 0 aliphatic carbocycles. The highest BCUT2D eigenvalue weighted by Crippen LogP contribution is 2.17.